The first-order valence-electron chi connectivity index (χ1n) is 6.17. The van der Waals surface area contributed by atoms with Crippen molar-refractivity contribution in [1.29, 1.82) is 0 Å². The molecule has 2 aromatic heterocycles. The molecule has 2 heterocycles. The van der Waals surface area contributed by atoms with Crippen LogP contribution in [0.15, 0.2) is 46.8 Å². The van der Waals surface area contributed by atoms with Gasteiger partial charge in [0, 0.05) is 10.8 Å². The number of rotatable bonds is 4. The number of thiophene rings is 1. The second-order valence-corrected chi connectivity index (χ2v) is 6.24. The van der Waals surface area contributed by atoms with Crippen molar-refractivity contribution in [2.45, 2.75) is 11.9 Å². The number of fused-ring (bicyclic) bond motifs is 1. The maximum atomic E-state index is 12.0. The molecule has 0 saturated heterocycles. The van der Waals surface area contributed by atoms with Crippen LogP contribution >= 0.6 is 23.1 Å². The molecule has 3 aromatic rings. The third kappa shape index (κ3) is 2.59. The molecule has 0 radical (unpaired) electrons. The Hall–Kier alpha value is -1.72. The van der Waals surface area contributed by atoms with Gasteiger partial charge in [0.2, 0.25) is 0 Å². The fraction of sp³-hybridized carbons (Fsp3) is 0.133. The minimum absolute atomic E-state index is 0.136. The quantitative estimate of drug-likeness (QED) is 0.540. The number of Topliss-reactive ketones (excluding diaryl/α,β-unsaturated/α-hetero) is 1. The number of ketones is 1. The summed E-state index contributed by atoms with van der Waals surface area (Å²) < 4.78 is 0. The van der Waals surface area contributed by atoms with E-state index in [2.05, 4.69) is 10.2 Å². The van der Waals surface area contributed by atoms with Crippen molar-refractivity contribution in [3.8, 4) is 0 Å². The number of aryl methyl sites for hydroxylation is 1. The summed E-state index contributed by atoms with van der Waals surface area (Å²) in [6.45, 7) is 1.95. The van der Waals surface area contributed by atoms with E-state index in [0.717, 1.165) is 26.4 Å². The van der Waals surface area contributed by atoms with Gasteiger partial charge < -0.3 is 0 Å². The molecular formula is C15H12N2OS2. The third-order valence-electron chi connectivity index (χ3n) is 2.97. The molecule has 3 nitrogen and oxygen atoms in total. The van der Waals surface area contributed by atoms with E-state index in [1.807, 2.05) is 48.7 Å². The molecule has 0 atom stereocenters. The Morgan fingerprint density at radius 2 is 1.95 bits per heavy atom. The maximum Gasteiger partial charge on any atom is 0.183 e. The summed E-state index contributed by atoms with van der Waals surface area (Å²) in [7, 11) is 0. The summed E-state index contributed by atoms with van der Waals surface area (Å²) in [5.74, 6) is 0.527. The second kappa shape index (κ2) is 5.73. The highest BCUT2D eigenvalue weighted by molar-refractivity contribution is 8.00. The van der Waals surface area contributed by atoms with Gasteiger partial charge in [0.05, 0.1) is 16.3 Å². The SMILES string of the molecule is Cc1nnc(SCC(=O)c2cccs2)c2ccccc12. The minimum Gasteiger partial charge on any atom is -0.292 e. The number of benzene rings is 1. The van der Waals surface area contributed by atoms with Gasteiger partial charge in [-0.05, 0) is 18.4 Å². The van der Waals surface area contributed by atoms with Crippen molar-refractivity contribution in [3.05, 3.63) is 52.3 Å². The first kappa shape index (κ1) is 13.3. The van der Waals surface area contributed by atoms with E-state index in [-0.39, 0.29) is 5.78 Å². The molecule has 5 heteroatoms. The Labute approximate surface area is 125 Å². The van der Waals surface area contributed by atoms with Crippen LogP contribution in [-0.2, 0) is 0 Å². The molecule has 0 fully saturated rings. The topological polar surface area (TPSA) is 42.9 Å². The number of aromatic nitrogens is 2. The zero-order valence-electron chi connectivity index (χ0n) is 10.9. The molecule has 20 heavy (non-hydrogen) atoms. The van der Waals surface area contributed by atoms with E-state index >= 15 is 0 Å². The number of carbonyl (C=O) groups excluding carboxylic acids is 1. The van der Waals surface area contributed by atoms with Crippen LogP contribution in [0.25, 0.3) is 10.8 Å². The predicted octanol–water partition coefficient (Wildman–Crippen LogP) is 3.97. The van der Waals surface area contributed by atoms with Crippen molar-refractivity contribution < 1.29 is 4.79 Å². The van der Waals surface area contributed by atoms with Gasteiger partial charge in [0.1, 0.15) is 5.03 Å². The molecule has 0 saturated carbocycles. The standard InChI is InChI=1S/C15H12N2OS2/c1-10-11-5-2-3-6-12(11)15(17-16-10)20-9-13(18)14-7-4-8-19-14/h2-8H,9H2,1H3. The molecule has 0 amide bonds. The molecule has 3 rings (SSSR count). The van der Waals surface area contributed by atoms with Crippen LogP contribution in [0.2, 0.25) is 0 Å². The highest BCUT2D eigenvalue weighted by atomic mass is 32.2. The Bertz CT molecular complexity index is 754. The van der Waals surface area contributed by atoms with Gasteiger partial charge >= 0.3 is 0 Å². The molecule has 1 aromatic carbocycles. The van der Waals surface area contributed by atoms with Crippen LogP contribution in [0.5, 0.6) is 0 Å². The second-order valence-electron chi connectivity index (χ2n) is 4.33. The third-order valence-corrected chi connectivity index (χ3v) is 4.87. The molecule has 0 aliphatic rings. The molecule has 0 aliphatic carbocycles. The lowest BCUT2D eigenvalue weighted by Gasteiger charge is -2.05. The Morgan fingerprint density at radius 1 is 1.15 bits per heavy atom. The summed E-state index contributed by atoms with van der Waals surface area (Å²) in [6, 6.07) is 11.8. The number of thioether (sulfide) groups is 1. The van der Waals surface area contributed by atoms with Crippen LogP contribution in [-0.4, -0.2) is 21.7 Å². The van der Waals surface area contributed by atoms with Gasteiger partial charge in [-0.25, -0.2) is 0 Å². The molecule has 0 N–H and O–H groups in total. The summed E-state index contributed by atoms with van der Waals surface area (Å²) in [5.41, 5.74) is 0.912. The van der Waals surface area contributed by atoms with Gasteiger partial charge in [-0.3, -0.25) is 4.79 Å². The van der Waals surface area contributed by atoms with E-state index in [1.54, 1.807) is 0 Å². The molecular weight excluding hydrogens is 288 g/mol. The van der Waals surface area contributed by atoms with Gasteiger partial charge in [-0.2, -0.15) is 5.10 Å². The van der Waals surface area contributed by atoms with Gasteiger partial charge in [0.15, 0.2) is 5.78 Å². The number of nitrogens with zero attached hydrogens (tertiary/aromatic N) is 2. The van der Waals surface area contributed by atoms with E-state index in [1.165, 1.54) is 23.1 Å². The Kier molecular flexibility index (Phi) is 3.80. The van der Waals surface area contributed by atoms with Crippen molar-refractivity contribution in [2.75, 3.05) is 5.75 Å². The summed E-state index contributed by atoms with van der Waals surface area (Å²) in [5, 5.41) is 13.3. The molecule has 0 aliphatic heterocycles. The van der Waals surface area contributed by atoms with Crippen molar-refractivity contribution in [3.63, 3.8) is 0 Å². The zero-order chi connectivity index (χ0) is 13.9. The fourth-order valence-electron chi connectivity index (χ4n) is 1.96. The van der Waals surface area contributed by atoms with E-state index in [0.29, 0.717) is 5.75 Å². The van der Waals surface area contributed by atoms with Crippen LogP contribution in [0.1, 0.15) is 15.4 Å². The lowest BCUT2D eigenvalue weighted by atomic mass is 10.1. The summed E-state index contributed by atoms with van der Waals surface area (Å²) in [6.07, 6.45) is 0. The van der Waals surface area contributed by atoms with Crippen LogP contribution in [0, 0.1) is 6.92 Å². The normalized spacial score (nSPS) is 10.8. The summed E-state index contributed by atoms with van der Waals surface area (Å²) in [4.78, 5) is 12.8. The lowest BCUT2D eigenvalue weighted by Crippen LogP contribution is -2.01. The van der Waals surface area contributed by atoms with Crippen LogP contribution in [0.3, 0.4) is 0 Å². The van der Waals surface area contributed by atoms with Crippen LogP contribution < -0.4 is 0 Å². The Balaban J connectivity index is 1.85. The monoisotopic (exact) mass is 300 g/mol. The van der Waals surface area contributed by atoms with Gasteiger partial charge in [-0.1, -0.05) is 42.1 Å². The van der Waals surface area contributed by atoms with Crippen LogP contribution in [0.4, 0.5) is 0 Å². The maximum absolute atomic E-state index is 12.0. The van der Waals surface area contributed by atoms with Gasteiger partial charge in [0.25, 0.3) is 0 Å². The molecule has 0 spiro atoms. The zero-order valence-corrected chi connectivity index (χ0v) is 12.5. The fourth-order valence-corrected chi connectivity index (χ4v) is 3.57. The van der Waals surface area contributed by atoms with E-state index in [4.69, 9.17) is 0 Å². The molecule has 100 valence electrons. The number of carbonyl (C=O) groups is 1. The molecule has 0 unspecified atom stereocenters. The van der Waals surface area contributed by atoms with E-state index in [9.17, 15) is 4.79 Å². The average molecular weight is 300 g/mol. The highest BCUT2D eigenvalue weighted by Gasteiger charge is 2.11. The number of hydrogen-bond donors (Lipinski definition) is 0. The predicted molar refractivity (Wildman–Crippen MR) is 83.6 cm³/mol. The largest absolute Gasteiger partial charge is 0.292 e. The minimum atomic E-state index is 0.136. The molecule has 0 bridgehead atoms. The first-order chi connectivity index (χ1) is 9.75. The van der Waals surface area contributed by atoms with Crippen molar-refractivity contribution >= 4 is 39.7 Å². The highest BCUT2D eigenvalue weighted by Crippen LogP contribution is 2.27. The summed E-state index contributed by atoms with van der Waals surface area (Å²) >= 11 is 2.92. The van der Waals surface area contributed by atoms with Gasteiger partial charge in [-0.15, -0.1) is 16.4 Å². The lowest BCUT2D eigenvalue weighted by molar-refractivity contribution is 0.102. The Morgan fingerprint density at radius 3 is 2.70 bits per heavy atom. The van der Waals surface area contributed by atoms with Crippen molar-refractivity contribution in [2.24, 2.45) is 0 Å². The average Bonchev–Trinajstić information content (AvgIpc) is 3.01. The van der Waals surface area contributed by atoms with Crippen molar-refractivity contribution in [1.82, 2.24) is 10.2 Å². The van der Waals surface area contributed by atoms with E-state index < -0.39 is 0 Å². The first-order valence-corrected chi connectivity index (χ1v) is 8.04. The number of hydrogen-bond acceptors (Lipinski definition) is 5. The smallest absolute Gasteiger partial charge is 0.183 e.